The fraction of sp³-hybridized carbons (Fsp3) is 0.292. The van der Waals surface area contributed by atoms with Crippen molar-refractivity contribution in [2.24, 2.45) is 0 Å². The van der Waals surface area contributed by atoms with Gasteiger partial charge in [0.05, 0.1) is 18.6 Å². The predicted octanol–water partition coefficient (Wildman–Crippen LogP) is 4.74. The zero-order valence-corrected chi connectivity index (χ0v) is 19.9. The van der Waals surface area contributed by atoms with Gasteiger partial charge < -0.3 is 14.2 Å². The van der Waals surface area contributed by atoms with Crippen LogP contribution >= 0.6 is 24.0 Å². The molecule has 0 aromatic heterocycles. The quantitative estimate of drug-likeness (QED) is 0.297. The highest BCUT2D eigenvalue weighted by Crippen LogP contribution is 2.35. The number of rotatable bonds is 9. The van der Waals surface area contributed by atoms with Gasteiger partial charge in [0.15, 0.2) is 11.5 Å². The molecule has 1 fully saturated rings. The SMILES string of the molecule is CCCOC(=O)CN1C(=O)/C(=C/c2ccc(OCc3ccccc3C)c(OC)c2)SC1=S. The number of ether oxygens (including phenoxy) is 3. The fourth-order valence-corrected chi connectivity index (χ4v) is 4.25. The van der Waals surface area contributed by atoms with Crippen molar-refractivity contribution < 1.29 is 23.8 Å². The van der Waals surface area contributed by atoms with Crippen LogP contribution in [0.3, 0.4) is 0 Å². The molecule has 1 aliphatic rings. The van der Waals surface area contributed by atoms with E-state index in [9.17, 15) is 9.59 Å². The molecule has 1 amide bonds. The molecule has 1 heterocycles. The van der Waals surface area contributed by atoms with Crippen molar-refractivity contribution in [3.63, 3.8) is 0 Å². The summed E-state index contributed by atoms with van der Waals surface area (Å²) in [6.07, 6.45) is 2.45. The van der Waals surface area contributed by atoms with Crippen molar-refractivity contribution >= 4 is 46.3 Å². The lowest BCUT2D eigenvalue weighted by Gasteiger charge is -2.13. The minimum Gasteiger partial charge on any atom is -0.493 e. The maximum Gasteiger partial charge on any atom is 0.326 e. The second-order valence-corrected chi connectivity index (χ2v) is 8.79. The lowest BCUT2D eigenvalue weighted by Crippen LogP contribution is -2.34. The molecule has 0 bridgehead atoms. The molecule has 3 rings (SSSR count). The number of hydrogen-bond donors (Lipinski definition) is 0. The number of hydrogen-bond acceptors (Lipinski definition) is 7. The average Bonchev–Trinajstić information content (AvgIpc) is 3.04. The van der Waals surface area contributed by atoms with E-state index in [1.54, 1.807) is 19.3 Å². The van der Waals surface area contributed by atoms with Gasteiger partial charge in [-0.15, -0.1) is 0 Å². The third kappa shape index (κ3) is 5.89. The lowest BCUT2D eigenvalue weighted by molar-refractivity contribution is -0.146. The van der Waals surface area contributed by atoms with E-state index < -0.39 is 5.97 Å². The van der Waals surface area contributed by atoms with Crippen molar-refractivity contribution in [3.05, 3.63) is 64.1 Å². The Bertz CT molecular complexity index is 1050. The maximum atomic E-state index is 12.7. The van der Waals surface area contributed by atoms with Gasteiger partial charge in [0.25, 0.3) is 5.91 Å². The largest absolute Gasteiger partial charge is 0.493 e. The number of aryl methyl sites for hydroxylation is 1. The summed E-state index contributed by atoms with van der Waals surface area (Å²) in [6.45, 7) is 4.51. The summed E-state index contributed by atoms with van der Waals surface area (Å²) in [7, 11) is 1.57. The van der Waals surface area contributed by atoms with Crippen LogP contribution in [0.2, 0.25) is 0 Å². The van der Waals surface area contributed by atoms with Crippen molar-refractivity contribution in [1.82, 2.24) is 4.90 Å². The van der Waals surface area contributed by atoms with E-state index in [2.05, 4.69) is 0 Å². The molecule has 2 aromatic rings. The Labute approximate surface area is 197 Å². The number of methoxy groups -OCH3 is 1. The van der Waals surface area contributed by atoms with Gasteiger partial charge >= 0.3 is 5.97 Å². The fourth-order valence-electron chi connectivity index (χ4n) is 3.00. The Morgan fingerprint density at radius 2 is 1.97 bits per heavy atom. The van der Waals surface area contributed by atoms with Crippen molar-refractivity contribution in [2.75, 3.05) is 20.3 Å². The van der Waals surface area contributed by atoms with Gasteiger partial charge in [0, 0.05) is 0 Å². The number of thioether (sulfide) groups is 1. The minimum atomic E-state index is -0.471. The van der Waals surface area contributed by atoms with Gasteiger partial charge in [0.2, 0.25) is 0 Å². The molecular weight excluding hydrogens is 446 g/mol. The van der Waals surface area contributed by atoms with E-state index in [1.807, 2.05) is 50.2 Å². The Balaban J connectivity index is 1.71. The number of esters is 1. The number of carbonyl (C=O) groups excluding carboxylic acids is 2. The van der Waals surface area contributed by atoms with Crippen molar-refractivity contribution in [2.45, 2.75) is 26.9 Å². The molecule has 0 atom stereocenters. The molecule has 0 aliphatic carbocycles. The van der Waals surface area contributed by atoms with E-state index in [0.717, 1.165) is 34.9 Å². The van der Waals surface area contributed by atoms with E-state index in [4.69, 9.17) is 26.4 Å². The molecule has 32 heavy (non-hydrogen) atoms. The summed E-state index contributed by atoms with van der Waals surface area (Å²) in [6, 6.07) is 13.5. The first-order valence-electron chi connectivity index (χ1n) is 10.2. The zero-order chi connectivity index (χ0) is 23.1. The molecule has 0 saturated carbocycles. The molecule has 0 radical (unpaired) electrons. The van der Waals surface area contributed by atoms with E-state index >= 15 is 0 Å². The first-order chi connectivity index (χ1) is 15.4. The van der Waals surface area contributed by atoms with E-state index in [1.165, 1.54) is 4.90 Å². The number of benzene rings is 2. The molecule has 2 aromatic carbocycles. The summed E-state index contributed by atoms with van der Waals surface area (Å²) >= 11 is 6.44. The molecular formula is C24H25NO5S2. The molecule has 0 N–H and O–H groups in total. The topological polar surface area (TPSA) is 65.1 Å². The van der Waals surface area contributed by atoms with Gasteiger partial charge in [-0.3, -0.25) is 14.5 Å². The molecule has 0 unspecified atom stereocenters. The van der Waals surface area contributed by atoms with Crippen LogP contribution in [-0.4, -0.2) is 41.4 Å². The second-order valence-electron chi connectivity index (χ2n) is 7.11. The van der Waals surface area contributed by atoms with Gasteiger partial charge in [-0.25, -0.2) is 0 Å². The molecule has 8 heteroatoms. The van der Waals surface area contributed by atoms with Crippen LogP contribution in [0.4, 0.5) is 0 Å². The third-order valence-electron chi connectivity index (χ3n) is 4.76. The lowest BCUT2D eigenvalue weighted by atomic mass is 10.1. The molecule has 6 nitrogen and oxygen atoms in total. The monoisotopic (exact) mass is 471 g/mol. The highest BCUT2D eigenvalue weighted by Gasteiger charge is 2.33. The zero-order valence-electron chi connectivity index (χ0n) is 18.3. The first kappa shape index (κ1) is 23.8. The van der Waals surface area contributed by atoms with Crippen molar-refractivity contribution in [1.29, 1.82) is 0 Å². The van der Waals surface area contributed by atoms with Crippen LogP contribution < -0.4 is 9.47 Å². The molecule has 1 aliphatic heterocycles. The predicted molar refractivity (Wildman–Crippen MR) is 130 cm³/mol. The van der Waals surface area contributed by atoms with Crippen LogP contribution in [0.5, 0.6) is 11.5 Å². The molecule has 0 spiro atoms. The summed E-state index contributed by atoms with van der Waals surface area (Å²) in [5.41, 5.74) is 3.02. The maximum absolute atomic E-state index is 12.7. The average molecular weight is 472 g/mol. The van der Waals surface area contributed by atoms with Crippen LogP contribution in [0.25, 0.3) is 6.08 Å². The van der Waals surface area contributed by atoms with Gasteiger partial charge in [-0.1, -0.05) is 61.2 Å². The van der Waals surface area contributed by atoms with Gasteiger partial charge in [-0.2, -0.15) is 0 Å². The third-order valence-corrected chi connectivity index (χ3v) is 6.14. The standard InChI is InChI=1S/C24H25NO5S2/c1-4-11-29-22(26)14-25-23(27)21(32-24(25)31)13-17-9-10-19(20(12-17)28-3)30-15-18-8-6-5-7-16(18)2/h5-10,12-13H,4,11,14-15H2,1-3H3/b21-13-. The minimum absolute atomic E-state index is 0.184. The summed E-state index contributed by atoms with van der Waals surface area (Å²) in [4.78, 5) is 26.3. The molecule has 168 valence electrons. The summed E-state index contributed by atoms with van der Waals surface area (Å²) < 4.78 is 16.8. The number of nitrogens with zero attached hydrogens (tertiary/aromatic N) is 1. The highest BCUT2D eigenvalue weighted by molar-refractivity contribution is 8.26. The van der Waals surface area contributed by atoms with E-state index in [0.29, 0.717) is 33.9 Å². The smallest absolute Gasteiger partial charge is 0.326 e. The highest BCUT2D eigenvalue weighted by atomic mass is 32.2. The Kier molecular flexibility index (Phi) is 8.30. The first-order valence-corrected chi connectivity index (χ1v) is 11.4. The Morgan fingerprint density at radius 3 is 2.69 bits per heavy atom. The summed E-state index contributed by atoms with van der Waals surface area (Å²) in [5.74, 6) is 0.388. The van der Waals surface area contributed by atoms with Gasteiger partial charge in [-0.05, 0) is 48.2 Å². The normalized spacial score (nSPS) is 14.7. The second kappa shape index (κ2) is 11.2. The van der Waals surface area contributed by atoms with Crippen LogP contribution in [0.15, 0.2) is 47.4 Å². The van der Waals surface area contributed by atoms with E-state index in [-0.39, 0.29) is 12.5 Å². The number of thiocarbonyl (C=S) groups is 1. The van der Waals surface area contributed by atoms with Crippen LogP contribution in [-0.2, 0) is 20.9 Å². The summed E-state index contributed by atoms with van der Waals surface area (Å²) in [5, 5.41) is 0. The number of carbonyl (C=O) groups is 2. The Hall–Kier alpha value is -2.84. The number of amides is 1. The van der Waals surface area contributed by atoms with Crippen LogP contribution in [0.1, 0.15) is 30.0 Å². The van der Waals surface area contributed by atoms with Gasteiger partial charge in [0.1, 0.15) is 17.5 Å². The Morgan fingerprint density at radius 1 is 1.19 bits per heavy atom. The molecule has 1 saturated heterocycles. The van der Waals surface area contributed by atoms with Crippen LogP contribution in [0, 0.1) is 6.92 Å². The van der Waals surface area contributed by atoms with Crippen molar-refractivity contribution in [3.8, 4) is 11.5 Å².